The summed E-state index contributed by atoms with van der Waals surface area (Å²) in [5, 5.41) is 34.5. The van der Waals surface area contributed by atoms with E-state index in [-0.39, 0.29) is 93.3 Å². The first-order valence-corrected chi connectivity index (χ1v) is 45.4. The van der Waals surface area contributed by atoms with Gasteiger partial charge in [0.2, 0.25) is 41.4 Å². The molecule has 2 aliphatic heterocycles. The standard InChI is InChI=1S/C49H67N7O10.C38H49N5O7.C11H20N2O4.CH3F/c1-10-11-22-36(28-39(57)37(26-34-20-16-13-17-21-34)52-40(58)32(2)25-33-18-14-12-15-19-33)41(59)53-38(27-35-29-50-44(51-30-35)54-45(62)65-47(3,4)5)42(60)56-24-23-49(31-56,43(61)64-9)55-46(63)66-48(6,7)8;1-6-7-18-29(34(46)42-31(35(47)48)21-28-23-39-36(40-24-28)43-37(49)50-38(3,4)5)22-32(44)30(20-27-16-12-9-13-17-27)41-33(45)25(2)19-26-14-10-8-11-15-26;1-10(2,3)17-9(15)13-11(8(14)16-4)5-6-12-7-11;1-2/h12-21,29-30,32,36-38H,10-11,22-28,31H2,1-9H3,(H,52,58)(H,53,59)(H,55,63)(H,50,51,54,62);8-17,23-25,29-31H,6-7,18-22H2,1-5H3,(H,41,45)(H,42,46)(H,47,48)(H,39,40,43,49);12H,5-7H2,1-4H3,(H,13,15);1H3/t32-,36+,37-,38-,49?;25-,29+,30-,31-;;/m11../s1/i;;;1D. The fourth-order valence-corrected chi connectivity index (χ4v) is 14.5. The number of carboxylic acids is 1. The van der Waals surface area contributed by atoms with Crippen LogP contribution < -0.4 is 47.9 Å². The zero-order chi connectivity index (χ0) is 101. The number of likely N-dealkylation sites (tertiary alicyclic amines) is 1. The number of Topliss-reactive ketones (excluding diaryl/α,β-unsaturated/α-hetero) is 2. The molecule has 4 aromatic carbocycles. The third-order valence-corrected chi connectivity index (χ3v) is 21.2. The number of rotatable bonds is 40. The second-order valence-corrected chi connectivity index (χ2v) is 37.5. The number of esters is 2. The number of unbranched alkanes of at least 4 members (excludes halogenated alkanes) is 2. The summed E-state index contributed by atoms with van der Waals surface area (Å²) in [6.07, 6.45) is 7.21. The number of hydrogen-bond donors (Lipinski definition) is 10. The Morgan fingerprint density at radius 2 is 0.770 bits per heavy atom. The number of benzene rings is 4. The monoisotopic (exact) mass is 1880 g/mol. The highest BCUT2D eigenvalue weighted by atomic mass is 19.1. The van der Waals surface area contributed by atoms with Crippen LogP contribution in [-0.4, -0.2) is 219 Å². The van der Waals surface area contributed by atoms with Crippen molar-refractivity contribution < 1.29 is 106 Å². The summed E-state index contributed by atoms with van der Waals surface area (Å²) in [7, 11) is 1.48. The van der Waals surface area contributed by atoms with E-state index in [1.807, 2.05) is 142 Å². The minimum absolute atomic E-state index is 0.00660. The molecule has 2 fully saturated rings. The van der Waals surface area contributed by atoms with E-state index in [2.05, 4.69) is 67.8 Å². The van der Waals surface area contributed by atoms with Gasteiger partial charge in [-0.2, -0.15) is 0 Å². The quantitative estimate of drug-likeness (QED) is 0.0126. The number of aromatic nitrogens is 4. The molecule has 9 amide bonds. The van der Waals surface area contributed by atoms with Crippen molar-refractivity contribution in [3.8, 4) is 0 Å². The molecule has 0 aliphatic carbocycles. The normalized spacial score (nSPS) is 16.4. The Morgan fingerprint density at radius 3 is 1.10 bits per heavy atom. The summed E-state index contributed by atoms with van der Waals surface area (Å²) in [6.45, 7) is 28.9. The van der Waals surface area contributed by atoms with E-state index in [1.54, 1.807) is 90.0 Å². The number of nitrogens with one attached hydrogen (secondary N) is 9. The van der Waals surface area contributed by atoms with E-state index < -0.39 is 148 Å². The molecule has 8 rings (SSSR count). The summed E-state index contributed by atoms with van der Waals surface area (Å²) in [6, 6.07) is 33.5. The van der Waals surface area contributed by atoms with Crippen molar-refractivity contribution in [1.82, 2.24) is 62.1 Å². The Balaban J connectivity index is 0.000000408. The number of alkyl carbamates (subject to hydrolysis) is 2. The number of aliphatic carboxylic acids is 1. The van der Waals surface area contributed by atoms with Crippen LogP contribution in [0.25, 0.3) is 0 Å². The maximum absolute atomic E-state index is 14.6. The highest BCUT2D eigenvalue weighted by Crippen LogP contribution is 2.29. The van der Waals surface area contributed by atoms with Gasteiger partial charge >= 0.3 is 42.3 Å². The van der Waals surface area contributed by atoms with E-state index in [9.17, 15) is 76.6 Å². The predicted octanol–water partition coefficient (Wildman–Crippen LogP) is 12.2. The smallest absolute Gasteiger partial charge is 0.414 e. The maximum atomic E-state index is 14.6. The van der Waals surface area contributed by atoms with E-state index in [0.29, 0.717) is 69.2 Å². The van der Waals surface area contributed by atoms with Crippen molar-refractivity contribution in [2.75, 3.05) is 58.2 Å². The molecule has 0 saturated carbocycles. The fraction of sp³-hybridized carbons (Fsp3) is 0.535. The number of ketones is 2. The number of nitrogens with zero attached hydrogens (tertiary/aromatic N) is 5. The Bertz CT molecular complexity index is 4850. The van der Waals surface area contributed by atoms with Gasteiger partial charge in [-0.3, -0.25) is 48.6 Å². The molecule has 10 N–H and O–H groups in total. The molecule has 135 heavy (non-hydrogen) atoms. The molecule has 2 aromatic heterocycles. The van der Waals surface area contributed by atoms with Gasteiger partial charge in [0.25, 0.3) is 0 Å². The van der Waals surface area contributed by atoms with Gasteiger partial charge in [-0.25, -0.2) is 53.5 Å². The van der Waals surface area contributed by atoms with Crippen LogP contribution in [0.4, 0.5) is 35.5 Å². The van der Waals surface area contributed by atoms with Gasteiger partial charge in [0.15, 0.2) is 22.6 Å². The maximum Gasteiger partial charge on any atom is 0.414 e. The molecule has 0 spiro atoms. The van der Waals surface area contributed by atoms with Crippen molar-refractivity contribution in [2.45, 2.75) is 271 Å². The summed E-state index contributed by atoms with van der Waals surface area (Å²) < 4.78 is 46.3. The van der Waals surface area contributed by atoms with Gasteiger partial charge in [-0.1, -0.05) is 175 Å². The first kappa shape index (κ1) is 111. The largest absolute Gasteiger partial charge is 0.480 e. The summed E-state index contributed by atoms with van der Waals surface area (Å²) in [4.78, 5) is 202. The predicted molar refractivity (Wildman–Crippen MR) is 505 cm³/mol. The van der Waals surface area contributed by atoms with Crippen LogP contribution in [0.5, 0.6) is 0 Å². The van der Waals surface area contributed by atoms with E-state index in [1.165, 1.54) is 43.9 Å². The molecule has 4 heterocycles. The highest BCUT2D eigenvalue weighted by molar-refractivity contribution is 5.97. The van der Waals surface area contributed by atoms with Crippen LogP contribution in [0.1, 0.15) is 210 Å². The van der Waals surface area contributed by atoms with Crippen molar-refractivity contribution in [3.63, 3.8) is 0 Å². The van der Waals surface area contributed by atoms with Crippen LogP contribution in [0.2, 0.25) is 0 Å². The van der Waals surface area contributed by atoms with Crippen LogP contribution in [-0.2, 0) is 115 Å². The number of alkyl halides is 1. The van der Waals surface area contributed by atoms with Gasteiger partial charge in [-0.05, 0) is 168 Å². The van der Waals surface area contributed by atoms with Crippen molar-refractivity contribution in [1.29, 1.82) is 0 Å². The lowest BCUT2D eigenvalue weighted by Crippen LogP contribution is -2.59. The molecular formula is C99H139FN14O21. The number of hydrogen-bond acceptors (Lipinski definition) is 25. The van der Waals surface area contributed by atoms with Crippen LogP contribution in [0, 0.1) is 23.7 Å². The molecule has 2 saturated heterocycles. The van der Waals surface area contributed by atoms with Gasteiger partial charge < -0.3 is 75.6 Å². The third-order valence-electron chi connectivity index (χ3n) is 21.2. The molecule has 738 valence electrons. The number of anilines is 2. The number of carbonyl (C=O) groups is 14. The van der Waals surface area contributed by atoms with Crippen molar-refractivity contribution in [2.24, 2.45) is 23.7 Å². The fourth-order valence-electron chi connectivity index (χ4n) is 14.5. The topological polar surface area (TPSA) is 478 Å². The molecule has 36 heteroatoms. The average Bonchev–Trinajstić information content (AvgIpc) is 1.66. The lowest BCUT2D eigenvalue weighted by molar-refractivity contribution is -0.149. The SMILES string of the molecule is CCCC[C@@H](CC(=O)[C@@H](Cc1ccccc1)NC(=O)[C@H](C)Cc1ccccc1)C(=O)N[C@H](Cc1cnc(NC(=O)OC(C)(C)C)nc1)C(=O)N1CCC(NC(=O)OC(C)(C)C)(C(=O)OC)C1.CCCC[C@@H](CC(=O)[C@@H](Cc1ccccc1)NC(=O)[C@H](C)Cc1ccccc1)C(=O)N[C@H](Cc1cnc(NC(=O)OC(C)(C)C)nc1)C(=O)O.COC(=O)C1(NC(=O)OC(C)(C)C)CCNC1.[2H]CF. The molecule has 2 unspecified atom stereocenters. The minimum Gasteiger partial charge on any atom is -0.480 e. The Hall–Kier alpha value is -12.9. The molecule has 35 nitrogen and oxygen atoms in total. The first-order valence-electron chi connectivity index (χ1n) is 46.1. The number of amides is 9. The number of carboxylic acid groups (broad SMARTS) is 1. The first-order chi connectivity index (χ1) is 64.0. The molecule has 2 aliphatic rings. The second kappa shape index (κ2) is 54.5. The van der Waals surface area contributed by atoms with Crippen molar-refractivity contribution >= 4 is 95.3 Å². The van der Waals surface area contributed by atoms with Crippen LogP contribution >= 0.6 is 0 Å². The van der Waals surface area contributed by atoms with Gasteiger partial charge in [0.05, 0.1) is 41.4 Å². The Kier molecular flexibility index (Phi) is 44.7. The molecule has 0 bridgehead atoms. The zero-order valence-electron chi connectivity index (χ0n) is 82.1. The molecule has 0 radical (unpaired) electrons. The molecule has 10 atom stereocenters. The average molecular weight is 1880 g/mol. The zero-order valence-corrected chi connectivity index (χ0v) is 81.1. The summed E-state index contributed by atoms with van der Waals surface area (Å²) in [5.41, 5.74) is -1.11. The van der Waals surface area contributed by atoms with Gasteiger partial charge in [-0.15, -0.1) is 0 Å². The number of methoxy groups -OCH3 is 2. The minimum atomic E-state index is -1.65. The number of halogens is 1. The van der Waals surface area contributed by atoms with E-state index in [4.69, 9.17) is 29.8 Å². The lowest BCUT2D eigenvalue weighted by atomic mass is 9.90. The van der Waals surface area contributed by atoms with E-state index >= 15 is 0 Å². The van der Waals surface area contributed by atoms with Gasteiger partial charge in [0, 0.05) is 93.7 Å². The summed E-state index contributed by atoms with van der Waals surface area (Å²) >= 11 is 0. The van der Waals surface area contributed by atoms with Crippen LogP contribution in [0.3, 0.4) is 0 Å². The highest BCUT2D eigenvalue weighted by Gasteiger charge is 2.51. The molecular weight excluding hydrogens is 1740 g/mol. The van der Waals surface area contributed by atoms with E-state index in [0.717, 1.165) is 35.1 Å². The number of carbonyl (C=O) groups excluding carboxylic acids is 13. The lowest BCUT2D eigenvalue weighted by Gasteiger charge is -2.30. The van der Waals surface area contributed by atoms with Crippen molar-refractivity contribution in [3.05, 3.63) is 179 Å². The second-order valence-electron chi connectivity index (χ2n) is 37.5. The van der Waals surface area contributed by atoms with Gasteiger partial charge in [0.1, 0.15) is 34.5 Å². The summed E-state index contributed by atoms with van der Waals surface area (Å²) in [5.74, 6) is -8.03. The Morgan fingerprint density at radius 1 is 0.452 bits per heavy atom. The number of ether oxygens (including phenoxy) is 6. The third kappa shape index (κ3) is 40.8. The van der Waals surface area contributed by atoms with Crippen LogP contribution in [0.15, 0.2) is 146 Å². The molecule has 6 aromatic rings. The Labute approximate surface area is 792 Å².